The fourth-order valence-corrected chi connectivity index (χ4v) is 5.66. The summed E-state index contributed by atoms with van der Waals surface area (Å²) in [6.07, 6.45) is 5.57. The molecule has 0 saturated heterocycles. The van der Waals surface area contributed by atoms with Gasteiger partial charge in [-0.15, -0.1) is 47.5 Å². The van der Waals surface area contributed by atoms with E-state index in [9.17, 15) is 0 Å². The molecule has 6 aromatic rings. The smallest absolute Gasteiger partial charge is 0.0421 e. The Bertz CT molecular complexity index is 1870. The zero-order valence-corrected chi connectivity index (χ0v) is 25.7. The monoisotopic (exact) mass is 726 g/mol. The Morgan fingerprint density at radius 1 is 0.762 bits per heavy atom. The van der Waals surface area contributed by atoms with Gasteiger partial charge in [0.05, 0.1) is 0 Å². The molecule has 0 unspecified atom stereocenters. The molecule has 0 fully saturated rings. The molecule has 0 saturated carbocycles. The van der Waals surface area contributed by atoms with Crippen molar-refractivity contribution in [1.29, 1.82) is 0 Å². The molecule has 3 heterocycles. The van der Waals surface area contributed by atoms with Crippen molar-refractivity contribution in [2.75, 3.05) is 4.90 Å². The van der Waals surface area contributed by atoms with Crippen LogP contribution in [0.4, 0.5) is 11.4 Å². The van der Waals surface area contributed by atoms with E-state index in [1.54, 1.807) is 6.20 Å². The third kappa shape index (κ3) is 5.13. The van der Waals surface area contributed by atoms with Crippen molar-refractivity contribution >= 4 is 11.4 Å². The van der Waals surface area contributed by atoms with Gasteiger partial charge in [-0.05, 0) is 73.7 Å². The third-order valence-electron chi connectivity index (χ3n) is 7.30. The number of aryl methyl sites for hydroxylation is 3. The second-order valence-corrected chi connectivity index (χ2v) is 10.3. The van der Waals surface area contributed by atoms with E-state index >= 15 is 0 Å². The Hall–Kier alpha value is -4.60. The molecule has 0 aliphatic carbocycles. The Labute approximate surface area is 260 Å². The predicted molar refractivity (Wildman–Crippen MR) is 163 cm³/mol. The molecule has 7 rings (SSSR count). The quantitative estimate of drug-likeness (QED) is 0.167. The van der Waals surface area contributed by atoms with Gasteiger partial charge in [-0.25, -0.2) is 0 Å². The minimum atomic E-state index is 0. The van der Waals surface area contributed by atoms with Crippen LogP contribution in [-0.2, 0) is 21.1 Å². The maximum absolute atomic E-state index is 6.48. The first kappa shape index (κ1) is 27.6. The van der Waals surface area contributed by atoms with Gasteiger partial charge in [0.25, 0.3) is 0 Å². The minimum Gasteiger partial charge on any atom is -0.503 e. The van der Waals surface area contributed by atoms with Crippen molar-refractivity contribution in [1.82, 2.24) is 14.5 Å². The standard InChI is InChI=1S/C36H27N4O.Pt/c1-24-17-25(2)35(26(3)18-24)28-19-29(40-23-39-16-15-38-36(39)32-11-4-5-13-34(32)40)22-31(21-28)41-30-10-8-9-27(20-30)33-12-6-7-14-37-33;/h4-19,21,23H,1-3H3;/q-3;. The summed E-state index contributed by atoms with van der Waals surface area (Å²) in [6, 6.07) is 35.6. The second-order valence-electron chi connectivity index (χ2n) is 10.3. The van der Waals surface area contributed by atoms with E-state index in [0.29, 0.717) is 11.5 Å². The molecule has 5 nitrogen and oxygen atoms in total. The first-order valence-corrected chi connectivity index (χ1v) is 13.6. The molecule has 210 valence electrons. The number of nitrogens with zero attached hydrogens (tertiary/aromatic N) is 4. The molecule has 1 aliphatic rings. The van der Waals surface area contributed by atoms with Crippen LogP contribution in [-0.4, -0.2) is 14.5 Å². The molecule has 0 bridgehead atoms. The van der Waals surface area contributed by atoms with E-state index in [2.05, 4.69) is 84.2 Å². The van der Waals surface area contributed by atoms with Crippen molar-refractivity contribution in [2.24, 2.45) is 0 Å². The van der Waals surface area contributed by atoms with Gasteiger partial charge in [0.1, 0.15) is 0 Å². The van der Waals surface area contributed by atoms with Crippen molar-refractivity contribution in [3.63, 3.8) is 0 Å². The molecule has 2 aromatic heterocycles. The fourth-order valence-electron chi connectivity index (χ4n) is 5.66. The van der Waals surface area contributed by atoms with Crippen LogP contribution in [0.25, 0.3) is 33.8 Å². The number of ether oxygens (including phenoxy) is 1. The van der Waals surface area contributed by atoms with Gasteiger partial charge in [-0.1, -0.05) is 66.0 Å². The molecule has 6 heteroatoms. The average Bonchev–Trinajstić information content (AvgIpc) is 3.46. The SMILES string of the molecule is Cc1cc(C)c(-c2cc(Oc3[c-]c(-c4ccccn4)ccc3)[c-]c(N3[CH-]n4ccnc4-c4ccccc43)c2)c(C)c1.[Pt]. The molecule has 42 heavy (non-hydrogen) atoms. The molecule has 0 atom stereocenters. The van der Waals surface area contributed by atoms with Crippen LogP contribution >= 0.6 is 0 Å². The van der Waals surface area contributed by atoms with E-state index in [-0.39, 0.29) is 21.1 Å². The van der Waals surface area contributed by atoms with Crippen LogP contribution in [0.3, 0.4) is 0 Å². The zero-order valence-electron chi connectivity index (χ0n) is 23.4. The summed E-state index contributed by atoms with van der Waals surface area (Å²) in [6.45, 7) is 8.51. The molecular weight excluding hydrogens is 700 g/mol. The molecule has 0 amide bonds. The summed E-state index contributed by atoms with van der Waals surface area (Å²) in [4.78, 5) is 11.2. The largest absolute Gasteiger partial charge is 0.503 e. The van der Waals surface area contributed by atoms with Crippen molar-refractivity contribution in [2.45, 2.75) is 20.8 Å². The van der Waals surface area contributed by atoms with E-state index in [4.69, 9.17) is 4.74 Å². The summed E-state index contributed by atoms with van der Waals surface area (Å²) in [5.41, 5.74) is 10.6. The average molecular weight is 727 g/mol. The second kappa shape index (κ2) is 11.3. The fraction of sp³-hybridized carbons (Fsp3) is 0.0833. The van der Waals surface area contributed by atoms with E-state index < -0.39 is 0 Å². The Kier molecular flexibility index (Phi) is 7.45. The number of benzene rings is 4. The van der Waals surface area contributed by atoms with Gasteiger partial charge in [0.2, 0.25) is 0 Å². The third-order valence-corrected chi connectivity index (χ3v) is 7.30. The van der Waals surface area contributed by atoms with Gasteiger partial charge in [0, 0.05) is 50.3 Å². The normalized spacial score (nSPS) is 11.6. The summed E-state index contributed by atoms with van der Waals surface area (Å²) in [5.74, 6) is 2.12. The molecule has 1 aliphatic heterocycles. The van der Waals surface area contributed by atoms with E-state index in [1.165, 1.54) is 22.3 Å². The van der Waals surface area contributed by atoms with E-state index in [1.807, 2.05) is 72.2 Å². The number of pyridine rings is 1. The predicted octanol–water partition coefficient (Wildman–Crippen LogP) is 8.71. The minimum absolute atomic E-state index is 0. The summed E-state index contributed by atoms with van der Waals surface area (Å²) in [7, 11) is 0. The number of hydrogen-bond donors (Lipinski definition) is 0. The Morgan fingerprint density at radius 3 is 2.38 bits per heavy atom. The maximum atomic E-state index is 6.48. The molecule has 4 aromatic carbocycles. The van der Waals surface area contributed by atoms with Crippen molar-refractivity contribution < 1.29 is 25.8 Å². The van der Waals surface area contributed by atoms with Crippen LogP contribution in [0.1, 0.15) is 16.7 Å². The topological polar surface area (TPSA) is 43.2 Å². The summed E-state index contributed by atoms with van der Waals surface area (Å²) < 4.78 is 8.52. The molecule has 0 spiro atoms. The molecule has 0 radical (unpaired) electrons. The number of aromatic nitrogens is 3. The Balaban J connectivity index is 0.00000316. The Morgan fingerprint density at radius 2 is 1.57 bits per heavy atom. The van der Waals surface area contributed by atoms with Gasteiger partial charge in [0.15, 0.2) is 0 Å². The van der Waals surface area contributed by atoms with Crippen LogP contribution in [0, 0.1) is 39.6 Å². The van der Waals surface area contributed by atoms with Gasteiger partial charge < -0.3 is 24.2 Å². The van der Waals surface area contributed by atoms with Gasteiger partial charge in [-0.2, -0.15) is 0 Å². The first-order chi connectivity index (χ1) is 20.0. The number of imidazole rings is 1. The zero-order chi connectivity index (χ0) is 27.9. The van der Waals surface area contributed by atoms with Crippen LogP contribution in [0.2, 0.25) is 0 Å². The van der Waals surface area contributed by atoms with Gasteiger partial charge >= 0.3 is 0 Å². The number of rotatable bonds is 5. The summed E-state index contributed by atoms with van der Waals surface area (Å²) in [5, 5.41) is 0. The molecule has 0 N–H and O–H groups in total. The summed E-state index contributed by atoms with van der Waals surface area (Å²) >= 11 is 0. The number of hydrogen-bond acceptors (Lipinski definition) is 4. The first-order valence-electron chi connectivity index (χ1n) is 13.6. The van der Waals surface area contributed by atoms with Crippen molar-refractivity contribution in [3.05, 3.63) is 139 Å². The van der Waals surface area contributed by atoms with Gasteiger partial charge in [-0.3, -0.25) is 0 Å². The van der Waals surface area contributed by atoms with Crippen LogP contribution in [0.5, 0.6) is 11.5 Å². The van der Waals surface area contributed by atoms with E-state index in [0.717, 1.165) is 39.6 Å². The van der Waals surface area contributed by atoms with Crippen LogP contribution < -0.4 is 9.64 Å². The number of fused-ring (bicyclic) bond motifs is 3. The van der Waals surface area contributed by atoms with Crippen molar-refractivity contribution in [3.8, 4) is 45.3 Å². The molecular formula is C36H27N4OPt-3. The maximum Gasteiger partial charge on any atom is 0.0421 e. The number of para-hydroxylation sites is 1. The van der Waals surface area contributed by atoms with Crippen LogP contribution in [0.15, 0.2) is 104 Å². The number of anilines is 2.